The quantitative estimate of drug-likeness (QED) is 0.763. The second-order valence-corrected chi connectivity index (χ2v) is 6.63. The normalized spacial score (nSPS) is 21.8. The van der Waals surface area contributed by atoms with Crippen molar-refractivity contribution in [2.24, 2.45) is 11.7 Å². The predicted octanol–water partition coefficient (Wildman–Crippen LogP) is 3.42. The number of aromatic nitrogens is 2. The van der Waals surface area contributed by atoms with Crippen molar-refractivity contribution in [1.29, 1.82) is 0 Å². The van der Waals surface area contributed by atoms with E-state index in [1.165, 1.54) is 0 Å². The molecule has 1 atom stereocenters. The highest BCUT2D eigenvalue weighted by molar-refractivity contribution is 6.33. The van der Waals surface area contributed by atoms with Gasteiger partial charge in [-0.15, -0.1) is 17.5 Å². The maximum atomic E-state index is 11.1. The molecule has 0 unspecified atom stereocenters. The van der Waals surface area contributed by atoms with Crippen LogP contribution in [0.4, 0.5) is 5.69 Å². The lowest BCUT2D eigenvalue weighted by molar-refractivity contribution is 0.302. The molecule has 8 heteroatoms. The van der Waals surface area contributed by atoms with Crippen LogP contribution in [0.15, 0.2) is 27.4 Å². The molecular weight excluding hydrogens is 351 g/mol. The fraction of sp³-hybridized carbons (Fsp3) is 0.500. The Morgan fingerprint density at radius 1 is 1.38 bits per heavy atom. The second-order valence-electron chi connectivity index (χ2n) is 6.22. The van der Waals surface area contributed by atoms with Crippen molar-refractivity contribution in [2.75, 3.05) is 5.32 Å². The van der Waals surface area contributed by atoms with E-state index in [0.29, 0.717) is 28.6 Å². The van der Waals surface area contributed by atoms with E-state index in [4.69, 9.17) is 21.8 Å². The first-order valence-corrected chi connectivity index (χ1v) is 8.28. The fourth-order valence-electron chi connectivity index (χ4n) is 3.13. The number of nitrogens with two attached hydrogens (primary N) is 1. The van der Waals surface area contributed by atoms with Gasteiger partial charge in [0.05, 0.1) is 10.7 Å². The summed E-state index contributed by atoms with van der Waals surface area (Å²) in [5, 5.41) is 10.2. The number of nitrogens with one attached hydrogen (secondary N) is 2. The molecule has 0 spiro atoms. The van der Waals surface area contributed by atoms with Crippen LogP contribution in [0.1, 0.15) is 32.6 Å². The summed E-state index contributed by atoms with van der Waals surface area (Å²) in [5.41, 5.74) is 7.49. The zero-order valence-corrected chi connectivity index (χ0v) is 15.0. The van der Waals surface area contributed by atoms with Crippen LogP contribution in [-0.4, -0.2) is 22.3 Å². The molecule has 1 aromatic heterocycles. The number of anilines is 1. The van der Waals surface area contributed by atoms with Crippen molar-refractivity contribution in [1.82, 2.24) is 10.2 Å². The lowest BCUT2D eigenvalue weighted by Gasteiger charge is -2.31. The molecule has 132 valence electrons. The molecule has 1 saturated carbocycles. The molecule has 0 aliphatic heterocycles. The van der Waals surface area contributed by atoms with Crippen molar-refractivity contribution >= 4 is 29.7 Å². The minimum Gasteiger partial charge on any atom is -0.388 e. The summed E-state index contributed by atoms with van der Waals surface area (Å²) in [4.78, 5) is 11.1. The van der Waals surface area contributed by atoms with Crippen molar-refractivity contribution in [2.45, 2.75) is 44.7 Å². The highest BCUT2D eigenvalue weighted by atomic mass is 35.5. The first-order chi connectivity index (χ1) is 11.0. The van der Waals surface area contributed by atoms with Crippen LogP contribution in [-0.2, 0) is 0 Å². The van der Waals surface area contributed by atoms with Gasteiger partial charge in [-0.2, -0.15) is 0 Å². The molecule has 0 radical (unpaired) electrons. The van der Waals surface area contributed by atoms with Crippen molar-refractivity contribution < 1.29 is 4.42 Å². The molecular formula is C16H22Cl2N4O2. The SMILES string of the molecule is C[C@H](Nc1cc(-c2n[nH]c(=O)o2)ccc1Cl)C1CCC(N)CC1.Cl. The number of benzene rings is 1. The van der Waals surface area contributed by atoms with Crippen molar-refractivity contribution in [3.05, 3.63) is 33.8 Å². The van der Waals surface area contributed by atoms with Gasteiger partial charge in [-0.1, -0.05) is 11.6 Å². The number of aromatic amines is 1. The van der Waals surface area contributed by atoms with Gasteiger partial charge in [0.25, 0.3) is 0 Å². The maximum Gasteiger partial charge on any atom is 0.434 e. The fourth-order valence-corrected chi connectivity index (χ4v) is 3.30. The lowest BCUT2D eigenvalue weighted by Crippen LogP contribution is -2.34. The van der Waals surface area contributed by atoms with Gasteiger partial charge in [-0.25, -0.2) is 9.89 Å². The summed E-state index contributed by atoms with van der Waals surface area (Å²) in [5.74, 6) is 0.264. The molecule has 4 N–H and O–H groups in total. The summed E-state index contributed by atoms with van der Waals surface area (Å²) in [6, 6.07) is 6.04. The third kappa shape index (κ3) is 4.32. The number of hydrogen-bond acceptors (Lipinski definition) is 5. The van der Waals surface area contributed by atoms with E-state index < -0.39 is 5.76 Å². The minimum absolute atomic E-state index is 0. The van der Waals surface area contributed by atoms with Crippen LogP contribution in [0.25, 0.3) is 11.5 Å². The smallest absolute Gasteiger partial charge is 0.388 e. The van der Waals surface area contributed by atoms with Gasteiger partial charge in [-0.3, -0.25) is 0 Å². The standard InChI is InChI=1S/C16H21ClN4O2.ClH/c1-9(10-2-5-12(18)6-3-10)19-14-8-11(4-7-13(14)17)15-20-21-16(22)23-15;/h4,7-10,12,19H,2-3,5-6,18H2,1H3,(H,21,22);1H/t9-,10?,12?;/m0./s1. The predicted molar refractivity (Wildman–Crippen MR) is 97.8 cm³/mol. The highest BCUT2D eigenvalue weighted by Gasteiger charge is 2.24. The summed E-state index contributed by atoms with van der Waals surface area (Å²) in [7, 11) is 0. The molecule has 24 heavy (non-hydrogen) atoms. The summed E-state index contributed by atoms with van der Waals surface area (Å²) in [6.07, 6.45) is 4.40. The summed E-state index contributed by atoms with van der Waals surface area (Å²) < 4.78 is 4.99. The third-order valence-electron chi connectivity index (χ3n) is 4.56. The zero-order chi connectivity index (χ0) is 16.4. The van der Waals surface area contributed by atoms with Crippen molar-refractivity contribution in [3.8, 4) is 11.5 Å². The highest BCUT2D eigenvalue weighted by Crippen LogP contribution is 2.32. The molecule has 6 nitrogen and oxygen atoms in total. The molecule has 0 saturated heterocycles. The molecule has 2 aromatic rings. The van der Waals surface area contributed by atoms with Crippen molar-refractivity contribution in [3.63, 3.8) is 0 Å². The molecule has 1 heterocycles. The second kappa shape index (κ2) is 8.05. The third-order valence-corrected chi connectivity index (χ3v) is 4.89. The Morgan fingerprint density at radius 2 is 2.08 bits per heavy atom. The van der Waals surface area contributed by atoms with Gasteiger partial charge < -0.3 is 15.5 Å². The van der Waals surface area contributed by atoms with Crippen LogP contribution >= 0.6 is 24.0 Å². The first-order valence-electron chi connectivity index (χ1n) is 7.90. The van der Waals surface area contributed by atoms with Gasteiger partial charge in [-0.05, 0) is 56.7 Å². The zero-order valence-electron chi connectivity index (χ0n) is 13.4. The average Bonchev–Trinajstić information content (AvgIpc) is 2.96. The van der Waals surface area contributed by atoms with Gasteiger partial charge in [0.1, 0.15) is 0 Å². The number of rotatable bonds is 4. The Balaban J connectivity index is 0.00000208. The first kappa shape index (κ1) is 18.8. The van der Waals surface area contributed by atoms with E-state index in [0.717, 1.165) is 31.4 Å². The van der Waals surface area contributed by atoms with Crippen LogP contribution in [0.2, 0.25) is 5.02 Å². The minimum atomic E-state index is -0.573. The monoisotopic (exact) mass is 372 g/mol. The maximum absolute atomic E-state index is 11.1. The lowest BCUT2D eigenvalue weighted by atomic mass is 9.82. The number of halogens is 2. The summed E-state index contributed by atoms with van der Waals surface area (Å²) >= 11 is 6.29. The Labute approximate surface area is 151 Å². The average molecular weight is 373 g/mol. The molecule has 3 rings (SSSR count). The Hall–Kier alpha value is -1.50. The van der Waals surface area contributed by atoms with E-state index in [1.54, 1.807) is 12.1 Å². The van der Waals surface area contributed by atoms with Gasteiger partial charge >= 0.3 is 5.76 Å². The van der Waals surface area contributed by atoms with E-state index in [-0.39, 0.29) is 18.3 Å². The Morgan fingerprint density at radius 3 is 2.71 bits per heavy atom. The number of H-pyrrole nitrogens is 1. The number of nitrogens with zero attached hydrogens (tertiary/aromatic N) is 1. The molecule has 0 amide bonds. The largest absolute Gasteiger partial charge is 0.434 e. The topological polar surface area (TPSA) is 96.9 Å². The molecule has 1 aliphatic rings. The molecule has 1 aromatic carbocycles. The van der Waals surface area contributed by atoms with Gasteiger partial charge in [0.15, 0.2) is 0 Å². The van der Waals surface area contributed by atoms with E-state index in [2.05, 4.69) is 22.4 Å². The molecule has 0 bridgehead atoms. The van der Waals surface area contributed by atoms with E-state index in [1.807, 2.05) is 6.07 Å². The molecule has 1 fully saturated rings. The summed E-state index contributed by atoms with van der Waals surface area (Å²) in [6.45, 7) is 2.17. The number of hydrogen-bond donors (Lipinski definition) is 3. The van der Waals surface area contributed by atoms with Crippen LogP contribution < -0.4 is 16.8 Å². The van der Waals surface area contributed by atoms with Gasteiger partial charge in [0.2, 0.25) is 5.89 Å². The molecule has 1 aliphatic carbocycles. The van der Waals surface area contributed by atoms with Crippen LogP contribution in [0.3, 0.4) is 0 Å². The Bertz CT molecular complexity index is 723. The van der Waals surface area contributed by atoms with E-state index >= 15 is 0 Å². The van der Waals surface area contributed by atoms with Crippen LogP contribution in [0, 0.1) is 5.92 Å². The Kier molecular flexibility index (Phi) is 6.32. The van der Waals surface area contributed by atoms with Gasteiger partial charge in [0, 0.05) is 17.6 Å². The van der Waals surface area contributed by atoms with Crippen LogP contribution in [0.5, 0.6) is 0 Å². The van der Waals surface area contributed by atoms with E-state index in [9.17, 15) is 4.79 Å².